The SMILES string of the molecule is CC(C)(C)OC(=O)NCc1ccc2c(c1)CN(C(=O)OCc1ccccc1)CC2.CCOc1c(N2CCc3ccc(CNC(=O)OC(C)(C)C)cc3C2)c(=O)c1=O.Cl.N#Cc1ccc2c(c1)CNCC2.NCc1ccc2c(c1)CN(c1c(N)c(=O)c1=O)CC2. The van der Waals surface area contributed by atoms with E-state index >= 15 is 0 Å². The number of nitrogens with zero attached hydrogens (tertiary/aromatic N) is 4. The van der Waals surface area contributed by atoms with Crippen molar-refractivity contribution < 1.29 is 33.3 Å². The van der Waals surface area contributed by atoms with Crippen LogP contribution in [0.2, 0.25) is 0 Å². The topological polar surface area (TPSA) is 278 Å². The van der Waals surface area contributed by atoms with Gasteiger partial charge in [0.2, 0.25) is 0 Å². The third-order valence-corrected chi connectivity index (χ3v) is 15.1. The number of amides is 3. The van der Waals surface area contributed by atoms with E-state index in [-0.39, 0.29) is 36.5 Å². The summed E-state index contributed by atoms with van der Waals surface area (Å²) in [5, 5.41) is 17.5. The van der Waals surface area contributed by atoms with Crippen molar-refractivity contribution in [3.8, 4) is 11.8 Å². The molecule has 0 atom stereocenters. The number of hydrogen-bond acceptors (Lipinski definition) is 17. The first-order valence-corrected chi connectivity index (χ1v) is 29.7. The number of carbonyl (C=O) groups excluding carboxylic acids is 3. The fraction of sp³-hybridized carbons (Fsp3) is 0.382. The Bertz CT molecular complexity index is 3830. The van der Waals surface area contributed by atoms with Crippen molar-refractivity contribution in [1.29, 1.82) is 5.26 Å². The van der Waals surface area contributed by atoms with Crippen molar-refractivity contribution in [2.45, 2.75) is 138 Å². The number of nitrogen functional groups attached to an aromatic ring is 1. The van der Waals surface area contributed by atoms with Gasteiger partial charge in [-0.2, -0.15) is 5.26 Å². The van der Waals surface area contributed by atoms with Crippen LogP contribution in [0.25, 0.3) is 0 Å². The summed E-state index contributed by atoms with van der Waals surface area (Å²) in [6.07, 6.45) is 2.28. The van der Waals surface area contributed by atoms with Crippen LogP contribution < -0.4 is 63.7 Å². The number of alkyl carbamates (subject to hydrolysis) is 2. The number of rotatable bonds is 11. The summed E-state index contributed by atoms with van der Waals surface area (Å²) in [6.45, 7) is 20.2. The average Bonchev–Trinajstić information content (AvgIpc) is 1.36. The van der Waals surface area contributed by atoms with Crippen molar-refractivity contribution in [2.75, 3.05) is 48.3 Å². The minimum absolute atomic E-state index is 0. The maximum absolute atomic E-state index is 12.4. The van der Waals surface area contributed by atoms with Gasteiger partial charge in [-0.25, -0.2) is 14.4 Å². The lowest BCUT2D eigenvalue weighted by Crippen LogP contribution is -2.44. The van der Waals surface area contributed by atoms with Gasteiger partial charge in [-0.1, -0.05) is 91.0 Å². The zero-order valence-corrected chi connectivity index (χ0v) is 52.5. The summed E-state index contributed by atoms with van der Waals surface area (Å²) >= 11 is 0. The highest BCUT2D eigenvalue weighted by Gasteiger charge is 2.31. The molecular weight excluding hydrogens is 1150 g/mol. The number of carbonyl (C=O) groups is 3. The standard InChI is InChI=1S/C23H28N2O4.C21H26N2O5.C14H15N3O2.C10H10N2.ClH/c1-23(2,3)29-21(26)24-14-18-9-10-19-11-12-25(15-20(19)13-18)22(27)28-16-17-7-5-4-6-8-17;1-5-27-19-16(17(24)18(19)25)23-9-8-14-7-6-13(10-15(14)12-23)11-22-20(26)28-21(2,3)4;15-6-8-1-2-9-3-4-17(7-10(9)5-8)12-11(16)13(18)14(12)19;11-6-8-1-2-9-3-4-12-7-10(9)5-8;/h4-10,13H,11-12,14-16H2,1-3H3,(H,24,26);6-7,10H,5,8-9,11-12H2,1-4H3,(H,22,26);1-2,5H,3-4,6-7,15-16H2;1-2,5,12H,3-4,7H2;1H. The Morgan fingerprint density at radius 1 is 0.596 bits per heavy atom. The third-order valence-electron chi connectivity index (χ3n) is 15.1. The van der Waals surface area contributed by atoms with Crippen molar-refractivity contribution in [3.63, 3.8) is 0 Å². The highest BCUT2D eigenvalue weighted by Crippen LogP contribution is 2.30. The molecule has 11 rings (SSSR count). The third kappa shape index (κ3) is 18.1. The minimum atomic E-state index is -0.559. The Morgan fingerprint density at radius 3 is 1.64 bits per heavy atom. The van der Waals surface area contributed by atoms with Gasteiger partial charge < -0.3 is 61.1 Å². The lowest BCUT2D eigenvalue weighted by Gasteiger charge is -2.32. The van der Waals surface area contributed by atoms with Crippen LogP contribution >= 0.6 is 12.4 Å². The van der Waals surface area contributed by atoms with Gasteiger partial charge in [-0.3, -0.25) is 19.2 Å². The highest BCUT2D eigenvalue weighted by molar-refractivity contribution is 5.85. The molecule has 0 fully saturated rings. The number of nitrogens with one attached hydrogen (secondary N) is 3. The van der Waals surface area contributed by atoms with E-state index in [0.717, 1.165) is 83.3 Å². The van der Waals surface area contributed by atoms with Gasteiger partial charge in [0.05, 0.1) is 18.2 Å². The first-order valence-electron chi connectivity index (χ1n) is 29.7. The molecule has 0 aromatic heterocycles. The molecule has 0 aliphatic carbocycles. The van der Waals surface area contributed by atoms with Gasteiger partial charge in [-0.15, -0.1) is 12.4 Å². The maximum Gasteiger partial charge on any atom is 0.410 e. The van der Waals surface area contributed by atoms with Gasteiger partial charge in [0.1, 0.15) is 34.9 Å². The number of halogens is 1. The largest absolute Gasteiger partial charge is 0.488 e. The highest BCUT2D eigenvalue weighted by atomic mass is 35.5. The second kappa shape index (κ2) is 30.3. The van der Waals surface area contributed by atoms with E-state index in [4.69, 9.17) is 35.7 Å². The molecule has 470 valence electrons. The van der Waals surface area contributed by atoms with Crippen LogP contribution in [0.5, 0.6) is 5.75 Å². The molecule has 3 amide bonds. The second-order valence-electron chi connectivity index (χ2n) is 24.0. The fourth-order valence-electron chi connectivity index (χ4n) is 10.7. The van der Waals surface area contributed by atoms with Gasteiger partial charge in [0.15, 0.2) is 5.75 Å². The molecule has 7 aromatic carbocycles. The predicted octanol–water partition coefficient (Wildman–Crippen LogP) is 8.19. The summed E-state index contributed by atoms with van der Waals surface area (Å²) in [5.74, 6) is 0.179. The van der Waals surface area contributed by atoms with E-state index in [1.54, 1.807) is 11.8 Å². The number of hydrogen-bond donors (Lipinski definition) is 5. The molecule has 89 heavy (non-hydrogen) atoms. The van der Waals surface area contributed by atoms with E-state index in [1.807, 2.05) is 130 Å². The van der Waals surface area contributed by atoms with E-state index in [0.29, 0.717) is 76.9 Å². The number of benzene rings is 5. The molecular formula is C68H80ClN9O11. The summed E-state index contributed by atoms with van der Waals surface area (Å²) in [6, 6.07) is 36.0. The number of anilines is 3. The van der Waals surface area contributed by atoms with Gasteiger partial charge >= 0.3 is 18.3 Å². The molecule has 20 nitrogen and oxygen atoms in total. The molecule has 7 aromatic rings. The maximum atomic E-state index is 12.4. The van der Waals surface area contributed by atoms with Crippen LogP contribution in [0.3, 0.4) is 0 Å². The van der Waals surface area contributed by atoms with E-state index in [9.17, 15) is 33.6 Å². The number of fused-ring (bicyclic) bond motifs is 4. The second-order valence-corrected chi connectivity index (χ2v) is 24.0. The zero-order valence-electron chi connectivity index (χ0n) is 51.7. The average molecular weight is 1230 g/mol. The van der Waals surface area contributed by atoms with Crippen molar-refractivity contribution >= 4 is 47.7 Å². The van der Waals surface area contributed by atoms with Crippen LogP contribution in [0.15, 0.2) is 122 Å². The van der Waals surface area contributed by atoms with Crippen LogP contribution in [0.1, 0.15) is 121 Å². The van der Waals surface area contributed by atoms with Crippen LogP contribution in [0, 0.1) is 11.3 Å². The Labute approximate surface area is 524 Å². The fourth-order valence-corrected chi connectivity index (χ4v) is 10.7. The molecule has 0 bridgehead atoms. The lowest BCUT2D eigenvalue weighted by atomic mass is 9.96. The van der Waals surface area contributed by atoms with E-state index < -0.39 is 45.1 Å². The molecule has 0 saturated heterocycles. The quantitative estimate of drug-likeness (QED) is 0.0603. The minimum Gasteiger partial charge on any atom is -0.488 e. The molecule has 0 radical (unpaired) electrons. The summed E-state index contributed by atoms with van der Waals surface area (Å²) in [4.78, 5) is 88.2. The number of nitrogens with two attached hydrogens (primary N) is 2. The first-order chi connectivity index (χ1) is 42.0. The Balaban J connectivity index is 0.000000175. The Kier molecular flexibility index (Phi) is 22.9. The van der Waals surface area contributed by atoms with Crippen molar-refractivity contribution in [3.05, 3.63) is 216 Å². The molecule has 0 saturated carbocycles. The van der Waals surface area contributed by atoms with Gasteiger partial charge in [0, 0.05) is 65.4 Å². The van der Waals surface area contributed by atoms with Crippen molar-refractivity contribution in [1.82, 2.24) is 20.9 Å². The molecule has 4 heterocycles. The van der Waals surface area contributed by atoms with Gasteiger partial charge in [-0.05, 0) is 160 Å². The zero-order chi connectivity index (χ0) is 63.3. The first kappa shape index (κ1) is 67.5. The molecule has 7 N–H and O–H groups in total. The van der Waals surface area contributed by atoms with Crippen LogP contribution in [-0.4, -0.2) is 67.2 Å². The Hall–Kier alpha value is -9.03. The van der Waals surface area contributed by atoms with E-state index in [1.165, 1.54) is 27.8 Å². The van der Waals surface area contributed by atoms with Crippen molar-refractivity contribution in [2.24, 2.45) is 5.73 Å². The Morgan fingerprint density at radius 2 is 1.10 bits per heavy atom. The van der Waals surface area contributed by atoms with E-state index in [2.05, 4.69) is 46.3 Å². The summed E-state index contributed by atoms with van der Waals surface area (Å²) < 4.78 is 21.3. The molecule has 21 heteroatoms. The van der Waals surface area contributed by atoms with Crippen LogP contribution in [0.4, 0.5) is 31.4 Å². The summed E-state index contributed by atoms with van der Waals surface area (Å²) in [7, 11) is 0. The lowest BCUT2D eigenvalue weighted by molar-refractivity contribution is 0.0512. The monoisotopic (exact) mass is 1230 g/mol. The molecule has 0 spiro atoms. The number of nitriles is 1. The summed E-state index contributed by atoms with van der Waals surface area (Å²) in [5.41, 5.74) is 23.4. The van der Waals surface area contributed by atoms with Gasteiger partial charge in [0.25, 0.3) is 21.7 Å². The normalized spacial score (nSPS) is 13.9. The molecule has 4 aliphatic rings. The molecule has 0 unspecified atom stereocenters. The van der Waals surface area contributed by atoms with Crippen LogP contribution in [-0.2, 0) is 92.3 Å². The predicted molar refractivity (Wildman–Crippen MR) is 346 cm³/mol. The number of ether oxygens (including phenoxy) is 4. The molecule has 4 aliphatic heterocycles. The smallest absolute Gasteiger partial charge is 0.410 e.